The molecule has 2 aliphatic rings. The van der Waals surface area contributed by atoms with E-state index < -0.39 is 17.7 Å². The summed E-state index contributed by atoms with van der Waals surface area (Å²) in [6.45, 7) is 3.46. The number of carbonyl (C=O) groups is 2. The number of aliphatic hydroxyl groups is 1. The summed E-state index contributed by atoms with van der Waals surface area (Å²) in [5.74, 6) is -1.01. The number of ether oxygens (including phenoxy) is 2. The summed E-state index contributed by atoms with van der Waals surface area (Å²) in [7, 11) is 0. The first-order chi connectivity index (χ1) is 15.5. The zero-order valence-electron chi connectivity index (χ0n) is 18.0. The second-order valence-electron chi connectivity index (χ2n) is 8.05. The summed E-state index contributed by atoms with van der Waals surface area (Å²) in [6.07, 6.45) is 2.41. The van der Waals surface area contributed by atoms with Gasteiger partial charge in [0.2, 0.25) is 0 Å². The molecular weight excluding hydrogens is 410 g/mol. The van der Waals surface area contributed by atoms with Crippen molar-refractivity contribution in [2.24, 2.45) is 0 Å². The average molecular weight is 437 g/mol. The van der Waals surface area contributed by atoms with Crippen LogP contribution in [0.5, 0.6) is 11.5 Å². The van der Waals surface area contributed by atoms with Crippen molar-refractivity contribution in [2.75, 3.05) is 19.8 Å². The van der Waals surface area contributed by atoms with Crippen molar-refractivity contribution in [1.82, 2.24) is 4.90 Å². The maximum Gasteiger partial charge on any atom is 0.295 e. The van der Waals surface area contributed by atoms with Crippen molar-refractivity contribution < 1.29 is 29.3 Å². The van der Waals surface area contributed by atoms with Crippen LogP contribution in [0.4, 0.5) is 0 Å². The minimum atomic E-state index is -0.817. The molecule has 2 aromatic carbocycles. The summed E-state index contributed by atoms with van der Waals surface area (Å²) in [5, 5.41) is 21.1. The highest BCUT2D eigenvalue weighted by Crippen LogP contribution is 2.40. The number of phenols is 1. The fraction of sp³-hybridized carbons (Fsp3) is 0.360. The molecule has 1 amide bonds. The van der Waals surface area contributed by atoms with Gasteiger partial charge in [-0.2, -0.15) is 0 Å². The number of rotatable bonds is 7. The summed E-state index contributed by atoms with van der Waals surface area (Å²) < 4.78 is 11.3. The highest BCUT2D eigenvalue weighted by atomic mass is 16.5. The van der Waals surface area contributed by atoms with Gasteiger partial charge in [0.15, 0.2) is 0 Å². The monoisotopic (exact) mass is 437 g/mol. The molecule has 0 bridgehead atoms. The zero-order valence-corrected chi connectivity index (χ0v) is 18.0. The van der Waals surface area contributed by atoms with Crippen LogP contribution in [0.3, 0.4) is 0 Å². The van der Waals surface area contributed by atoms with Gasteiger partial charge >= 0.3 is 0 Å². The molecule has 32 heavy (non-hydrogen) atoms. The van der Waals surface area contributed by atoms with Gasteiger partial charge < -0.3 is 24.6 Å². The lowest BCUT2D eigenvalue weighted by atomic mass is 9.95. The van der Waals surface area contributed by atoms with E-state index in [1.807, 2.05) is 6.92 Å². The summed E-state index contributed by atoms with van der Waals surface area (Å²) in [5.41, 5.74) is 0.960. The number of hydrogen-bond donors (Lipinski definition) is 2. The molecule has 2 aliphatic heterocycles. The average Bonchev–Trinajstić information content (AvgIpc) is 3.40. The molecule has 0 spiro atoms. The van der Waals surface area contributed by atoms with Gasteiger partial charge in [-0.25, -0.2) is 0 Å². The topological polar surface area (TPSA) is 96.3 Å². The molecule has 7 heteroatoms. The van der Waals surface area contributed by atoms with Crippen LogP contribution in [0, 0.1) is 0 Å². The van der Waals surface area contributed by atoms with E-state index in [4.69, 9.17) is 9.47 Å². The number of phenolic OH excluding ortho intramolecular Hbond substituents is 1. The lowest BCUT2D eigenvalue weighted by Crippen LogP contribution is -2.36. The van der Waals surface area contributed by atoms with Gasteiger partial charge in [0, 0.05) is 18.7 Å². The molecule has 7 nitrogen and oxygen atoms in total. The molecule has 2 fully saturated rings. The van der Waals surface area contributed by atoms with E-state index >= 15 is 0 Å². The normalized spacial score (nSPS) is 22.5. The Hall–Kier alpha value is -3.32. The Morgan fingerprint density at radius 2 is 1.97 bits per heavy atom. The Morgan fingerprint density at radius 1 is 1.19 bits per heavy atom. The predicted molar refractivity (Wildman–Crippen MR) is 118 cm³/mol. The smallest absolute Gasteiger partial charge is 0.295 e. The van der Waals surface area contributed by atoms with Crippen molar-refractivity contribution in [3.8, 4) is 11.5 Å². The number of ketones is 1. The van der Waals surface area contributed by atoms with E-state index in [2.05, 4.69) is 0 Å². The van der Waals surface area contributed by atoms with Crippen LogP contribution in [-0.2, 0) is 14.3 Å². The van der Waals surface area contributed by atoms with Crippen LogP contribution in [0.2, 0.25) is 0 Å². The Kier molecular flexibility index (Phi) is 6.46. The number of nitrogens with zero attached hydrogens (tertiary/aromatic N) is 1. The van der Waals surface area contributed by atoms with Crippen LogP contribution in [0.25, 0.3) is 5.76 Å². The highest BCUT2D eigenvalue weighted by molar-refractivity contribution is 6.46. The van der Waals surface area contributed by atoms with Gasteiger partial charge in [0.1, 0.15) is 17.3 Å². The third-order valence-electron chi connectivity index (χ3n) is 5.75. The molecule has 2 heterocycles. The third-order valence-corrected chi connectivity index (χ3v) is 5.75. The van der Waals surface area contributed by atoms with Gasteiger partial charge in [-0.15, -0.1) is 0 Å². The molecule has 2 aromatic rings. The first-order valence-electron chi connectivity index (χ1n) is 10.9. The number of benzene rings is 2. The number of aliphatic hydroxyl groups excluding tert-OH is 1. The number of aromatic hydroxyl groups is 1. The lowest BCUT2D eigenvalue weighted by Gasteiger charge is -2.27. The number of carbonyl (C=O) groups excluding carboxylic acids is 2. The maximum atomic E-state index is 13.0. The van der Waals surface area contributed by atoms with Gasteiger partial charge in [-0.05, 0) is 61.2 Å². The van der Waals surface area contributed by atoms with Crippen LogP contribution in [0.15, 0.2) is 54.1 Å². The first kappa shape index (κ1) is 21.9. The van der Waals surface area contributed by atoms with Crippen molar-refractivity contribution in [2.45, 2.75) is 38.3 Å². The zero-order chi connectivity index (χ0) is 22.7. The molecule has 2 N–H and O–H groups in total. The Balaban J connectivity index is 1.75. The fourth-order valence-electron chi connectivity index (χ4n) is 4.20. The maximum absolute atomic E-state index is 13.0. The van der Waals surface area contributed by atoms with Crippen molar-refractivity contribution in [1.29, 1.82) is 0 Å². The van der Waals surface area contributed by atoms with Gasteiger partial charge in [0.25, 0.3) is 11.7 Å². The highest BCUT2D eigenvalue weighted by Gasteiger charge is 2.47. The number of likely N-dealkylation sites (tertiary alicyclic amines) is 1. The van der Waals surface area contributed by atoms with Gasteiger partial charge in [0.05, 0.1) is 24.3 Å². The molecule has 4 rings (SSSR count). The van der Waals surface area contributed by atoms with E-state index in [1.54, 1.807) is 36.4 Å². The van der Waals surface area contributed by atoms with Crippen molar-refractivity contribution >= 4 is 17.4 Å². The molecule has 0 aliphatic carbocycles. The summed E-state index contributed by atoms with van der Waals surface area (Å²) >= 11 is 0. The predicted octanol–water partition coefficient (Wildman–Crippen LogP) is 3.78. The summed E-state index contributed by atoms with van der Waals surface area (Å²) in [6, 6.07) is 12.3. The Morgan fingerprint density at radius 3 is 2.62 bits per heavy atom. The standard InChI is InChI=1S/C25H27NO6/c1-2-12-31-19-10-8-16(9-11-19)23(28)21-22(17-5-3-6-18(27)14-17)26(25(30)24(21)29)15-20-7-4-13-32-20/h3,5-6,8-11,14,20,22,27-28H,2,4,7,12-13,15H2,1H3/b23-21-. The summed E-state index contributed by atoms with van der Waals surface area (Å²) in [4.78, 5) is 27.5. The number of amides is 1. The van der Waals surface area contributed by atoms with Crippen molar-refractivity contribution in [3.63, 3.8) is 0 Å². The van der Waals surface area contributed by atoms with Crippen LogP contribution < -0.4 is 4.74 Å². The third kappa shape index (κ3) is 4.34. The molecule has 0 aromatic heterocycles. The van der Waals surface area contributed by atoms with Gasteiger partial charge in [-0.1, -0.05) is 19.1 Å². The molecule has 0 radical (unpaired) electrons. The van der Waals surface area contributed by atoms with E-state index in [0.29, 0.717) is 30.1 Å². The second kappa shape index (κ2) is 9.44. The minimum Gasteiger partial charge on any atom is -0.508 e. The Labute approximate surface area is 186 Å². The molecule has 168 valence electrons. The molecule has 2 atom stereocenters. The minimum absolute atomic E-state index is 0.000762. The Bertz CT molecular complexity index is 1020. The number of Topliss-reactive ketones (excluding diaryl/α,β-unsaturated/α-hetero) is 1. The largest absolute Gasteiger partial charge is 0.508 e. The molecular formula is C25H27NO6. The van der Waals surface area contributed by atoms with E-state index in [-0.39, 0.29) is 29.7 Å². The van der Waals surface area contributed by atoms with E-state index in [9.17, 15) is 19.8 Å². The van der Waals surface area contributed by atoms with Crippen LogP contribution in [0.1, 0.15) is 43.4 Å². The van der Waals surface area contributed by atoms with Crippen LogP contribution >= 0.6 is 0 Å². The SMILES string of the molecule is CCCOc1ccc(/C(O)=C2/C(=O)C(=O)N(CC3CCCO3)C2c2cccc(O)c2)cc1. The lowest BCUT2D eigenvalue weighted by molar-refractivity contribution is -0.140. The quantitative estimate of drug-likeness (QED) is 0.389. The van der Waals surface area contributed by atoms with Crippen molar-refractivity contribution in [3.05, 3.63) is 65.2 Å². The fourth-order valence-corrected chi connectivity index (χ4v) is 4.20. The molecule has 2 saturated heterocycles. The second-order valence-corrected chi connectivity index (χ2v) is 8.05. The molecule has 0 saturated carbocycles. The van der Waals surface area contributed by atoms with E-state index in [0.717, 1.165) is 19.3 Å². The van der Waals surface area contributed by atoms with Crippen LogP contribution in [-0.4, -0.2) is 52.7 Å². The number of hydrogen-bond acceptors (Lipinski definition) is 6. The molecule has 2 unspecified atom stereocenters. The van der Waals surface area contributed by atoms with Gasteiger partial charge in [-0.3, -0.25) is 9.59 Å². The van der Waals surface area contributed by atoms with E-state index in [1.165, 1.54) is 17.0 Å². The first-order valence-corrected chi connectivity index (χ1v) is 10.9.